The lowest BCUT2D eigenvalue weighted by molar-refractivity contribution is 1.22. The smallest absolute Gasteiger partial charge is 0.109 e. The summed E-state index contributed by atoms with van der Waals surface area (Å²) in [5.41, 5.74) is 28.7. The highest BCUT2D eigenvalue weighted by Gasteiger charge is 1.60. The topological polar surface area (TPSA) is 191 Å². The van der Waals surface area contributed by atoms with Crippen molar-refractivity contribution in [1.29, 1.82) is 0 Å². The van der Waals surface area contributed by atoms with Gasteiger partial charge in [0, 0.05) is 12.4 Å². The van der Waals surface area contributed by atoms with Crippen LogP contribution in [0.15, 0.2) is 24.0 Å². The molecule has 0 aliphatic carbocycles. The molecule has 15 N–H and O–H groups in total. The Kier molecular flexibility index (Phi) is 16.2. The van der Waals surface area contributed by atoms with Gasteiger partial charge in [-0.05, 0) is 0 Å². The van der Waals surface area contributed by atoms with E-state index < -0.39 is 0 Å². The molecule has 0 atom stereocenters. The minimum absolute atomic E-state index is 0. The van der Waals surface area contributed by atoms with Gasteiger partial charge in [0.1, 0.15) is 11.6 Å². The number of hydrogen-bond acceptors (Lipinski definition) is 7. The fraction of sp³-hybridized carbons (Fsp3) is 0. The third kappa shape index (κ3) is 63.9. The molecule has 0 bridgehead atoms. The van der Waals surface area contributed by atoms with E-state index in [1.165, 1.54) is 0 Å². The zero-order valence-corrected chi connectivity index (χ0v) is 6.33. The van der Waals surface area contributed by atoms with Gasteiger partial charge in [-0.1, -0.05) is 0 Å². The standard InChI is InChI=1S/2C2H7N3.H3N/c2*3-1-2(4)5;/h2*1H,3-5H2;1H3. The molecule has 0 saturated carbocycles. The molecule has 0 saturated heterocycles. The monoisotopic (exact) mass is 163 g/mol. The van der Waals surface area contributed by atoms with Gasteiger partial charge < -0.3 is 40.6 Å². The molecule has 0 aromatic rings. The van der Waals surface area contributed by atoms with Crippen LogP contribution in [0, 0.1) is 0 Å². The van der Waals surface area contributed by atoms with Gasteiger partial charge in [0.15, 0.2) is 0 Å². The van der Waals surface area contributed by atoms with E-state index in [0.29, 0.717) is 0 Å². The van der Waals surface area contributed by atoms with E-state index >= 15 is 0 Å². The van der Waals surface area contributed by atoms with Gasteiger partial charge in [-0.2, -0.15) is 0 Å². The first-order valence-electron chi connectivity index (χ1n) is 2.40. The minimum atomic E-state index is 0. The van der Waals surface area contributed by atoms with Crippen LogP contribution < -0.4 is 40.6 Å². The Bertz CT molecular complexity index is 102. The molecule has 68 valence electrons. The summed E-state index contributed by atoms with van der Waals surface area (Å²) in [6, 6.07) is 0. The van der Waals surface area contributed by atoms with Crippen LogP contribution in [0.3, 0.4) is 0 Å². The summed E-state index contributed by atoms with van der Waals surface area (Å²) in [6.45, 7) is 0. The molecule has 7 heteroatoms. The Morgan fingerprint density at radius 1 is 0.727 bits per heavy atom. The lowest BCUT2D eigenvalue weighted by Gasteiger charge is -1.78. The molecule has 0 aliphatic heterocycles. The van der Waals surface area contributed by atoms with Crippen molar-refractivity contribution in [1.82, 2.24) is 6.15 Å². The fourth-order valence-corrected chi connectivity index (χ4v) is 0. The number of nitrogens with two attached hydrogens (primary N) is 6. The van der Waals surface area contributed by atoms with Crippen molar-refractivity contribution in [2.75, 3.05) is 0 Å². The Balaban J connectivity index is -0.000000107. The van der Waals surface area contributed by atoms with Crippen LogP contribution in [-0.4, -0.2) is 0 Å². The van der Waals surface area contributed by atoms with Crippen molar-refractivity contribution >= 4 is 0 Å². The molecule has 7 nitrogen and oxygen atoms in total. The molecule has 0 heterocycles. The zero-order chi connectivity index (χ0) is 8.57. The first kappa shape index (κ1) is 16.1. The summed E-state index contributed by atoms with van der Waals surface area (Å²) in [5, 5.41) is 0. The van der Waals surface area contributed by atoms with Crippen LogP contribution in [0.4, 0.5) is 0 Å². The molecule has 0 radical (unpaired) electrons. The van der Waals surface area contributed by atoms with E-state index in [4.69, 9.17) is 34.4 Å². The van der Waals surface area contributed by atoms with Crippen LogP contribution >= 0.6 is 0 Å². The van der Waals surface area contributed by atoms with Crippen LogP contribution in [0.5, 0.6) is 0 Å². The number of rotatable bonds is 0. The second-order valence-corrected chi connectivity index (χ2v) is 1.33. The molecule has 11 heavy (non-hydrogen) atoms. The Labute approximate surface area is 65.6 Å². The largest absolute Gasteiger partial charge is 0.402 e. The normalized spacial score (nSPS) is 5.82. The second-order valence-electron chi connectivity index (χ2n) is 1.33. The molecule has 0 amide bonds. The van der Waals surface area contributed by atoms with Crippen molar-refractivity contribution in [3.05, 3.63) is 24.0 Å². The summed E-state index contributed by atoms with van der Waals surface area (Å²) >= 11 is 0. The molecule has 0 fully saturated rings. The second kappa shape index (κ2) is 11.1. The molecule has 0 aliphatic rings. The summed E-state index contributed by atoms with van der Waals surface area (Å²) < 4.78 is 0. The van der Waals surface area contributed by atoms with Crippen LogP contribution in [0.2, 0.25) is 0 Å². The van der Waals surface area contributed by atoms with Gasteiger partial charge in [-0.25, -0.2) is 0 Å². The fourth-order valence-electron chi connectivity index (χ4n) is 0. The van der Waals surface area contributed by atoms with Gasteiger partial charge in [-0.3, -0.25) is 0 Å². The van der Waals surface area contributed by atoms with Crippen molar-refractivity contribution in [2.24, 2.45) is 34.4 Å². The third-order valence-electron chi connectivity index (χ3n) is 0.385. The maximum absolute atomic E-state index is 4.81. The highest BCUT2D eigenvalue weighted by molar-refractivity contribution is 4.84. The van der Waals surface area contributed by atoms with Crippen molar-refractivity contribution in [2.45, 2.75) is 0 Å². The van der Waals surface area contributed by atoms with Gasteiger partial charge in [-0.15, -0.1) is 0 Å². The van der Waals surface area contributed by atoms with Crippen molar-refractivity contribution in [3.8, 4) is 0 Å². The lowest BCUT2D eigenvalue weighted by Crippen LogP contribution is -2.09. The maximum atomic E-state index is 4.81. The minimum Gasteiger partial charge on any atom is -0.402 e. The SMILES string of the molecule is N.NC=C(N)N.NC=C(N)N. The maximum Gasteiger partial charge on any atom is 0.109 e. The number of hydrogen-bond donors (Lipinski definition) is 7. The molecule has 0 unspecified atom stereocenters. The molecule has 0 aromatic carbocycles. The lowest BCUT2D eigenvalue weighted by atomic mass is 10.8. The van der Waals surface area contributed by atoms with Gasteiger partial charge in [0.25, 0.3) is 0 Å². The van der Waals surface area contributed by atoms with Crippen molar-refractivity contribution in [3.63, 3.8) is 0 Å². The molecule has 0 spiro atoms. The third-order valence-corrected chi connectivity index (χ3v) is 0.385. The van der Waals surface area contributed by atoms with Crippen LogP contribution in [0.1, 0.15) is 0 Å². The van der Waals surface area contributed by atoms with Crippen LogP contribution in [0.25, 0.3) is 0 Å². The van der Waals surface area contributed by atoms with E-state index in [0.717, 1.165) is 12.4 Å². The highest BCUT2D eigenvalue weighted by Crippen LogP contribution is 1.49. The van der Waals surface area contributed by atoms with Gasteiger partial charge >= 0.3 is 0 Å². The summed E-state index contributed by atoms with van der Waals surface area (Å²) in [6.07, 6.45) is 2.28. The van der Waals surface area contributed by atoms with Gasteiger partial charge in [0.2, 0.25) is 0 Å². The summed E-state index contributed by atoms with van der Waals surface area (Å²) in [7, 11) is 0. The zero-order valence-electron chi connectivity index (χ0n) is 6.33. The molecule has 0 rings (SSSR count). The predicted octanol–water partition coefficient (Wildman–Crippen LogP) is -2.52. The van der Waals surface area contributed by atoms with Crippen molar-refractivity contribution < 1.29 is 0 Å². The molecular weight excluding hydrogens is 146 g/mol. The van der Waals surface area contributed by atoms with Gasteiger partial charge in [0.05, 0.1) is 0 Å². The van der Waals surface area contributed by atoms with Crippen LogP contribution in [-0.2, 0) is 0 Å². The Hall–Kier alpha value is -1.76. The van der Waals surface area contributed by atoms with E-state index in [1.54, 1.807) is 0 Å². The average Bonchev–Trinajstić information content (AvgIpc) is 1.89. The van der Waals surface area contributed by atoms with E-state index in [9.17, 15) is 0 Å². The Morgan fingerprint density at radius 2 is 0.818 bits per heavy atom. The average molecular weight is 163 g/mol. The Morgan fingerprint density at radius 3 is 0.818 bits per heavy atom. The highest BCUT2D eigenvalue weighted by atomic mass is 14.8. The molecule has 0 aromatic heterocycles. The van der Waals surface area contributed by atoms with E-state index in [2.05, 4.69) is 0 Å². The summed E-state index contributed by atoms with van der Waals surface area (Å²) in [5.74, 6) is 0.315. The van der Waals surface area contributed by atoms with E-state index in [-0.39, 0.29) is 17.8 Å². The first-order chi connectivity index (χ1) is 4.54. The quantitative estimate of drug-likeness (QED) is 0.205. The summed E-state index contributed by atoms with van der Waals surface area (Å²) in [4.78, 5) is 0. The predicted molar refractivity (Wildman–Crippen MR) is 46.3 cm³/mol. The molecular formula is C4H17N7. The van der Waals surface area contributed by atoms with E-state index in [1.807, 2.05) is 0 Å². The first-order valence-corrected chi connectivity index (χ1v) is 2.40.